The van der Waals surface area contributed by atoms with Crippen molar-refractivity contribution in [3.05, 3.63) is 77.9 Å². The first-order valence-corrected chi connectivity index (χ1v) is 6.78. The van der Waals surface area contributed by atoms with Crippen molar-refractivity contribution in [1.29, 1.82) is 5.41 Å². The Kier molecular flexibility index (Phi) is 6.12. The molecule has 0 spiro atoms. The molecular formula is C17H17N5. The molecule has 0 radical (unpaired) electrons. The van der Waals surface area contributed by atoms with Crippen LogP contribution in [0.25, 0.3) is 6.08 Å². The van der Waals surface area contributed by atoms with Crippen molar-refractivity contribution in [2.75, 3.05) is 0 Å². The van der Waals surface area contributed by atoms with E-state index in [2.05, 4.69) is 21.1 Å². The van der Waals surface area contributed by atoms with Gasteiger partial charge in [0.25, 0.3) is 0 Å². The van der Waals surface area contributed by atoms with Crippen molar-refractivity contribution in [3.8, 4) is 0 Å². The third-order valence-electron chi connectivity index (χ3n) is 2.61. The van der Waals surface area contributed by atoms with E-state index in [9.17, 15) is 0 Å². The Morgan fingerprint density at radius 2 is 1.41 bits per heavy atom. The molecular weight excluding hydrogens is 274 g/mol. The van der Waals surface area contributed by atoms with Gasteiger partial charge in [-0.2, -0.15) is 10.2 Å². The molecule has 5 nitrogen and oxygen atoms in total. The highest BCUT2D eigenvalue weighted by Crippen LogP contribution is 1.99. The van der Waals surface area contributed by atoms with Crippen LogP contribution in [0.3, 0.4) is 0 Å². The molecule has 2 rings (SSSR count). The van der Waals surface area contributed by atoms with Gasteiger partial charge in [-0.1, -0.05) is 66.7 Å². The Bertz CT molecular complexity index is 660. The van der Waals surface area contributed by atoms with E-state index in [1.807, 2.05) is 66.7 Å². The van der Waals surface area contributed by atoms with Crippen molar-refractivity contribution in [1.82, 2.24) is 10.9 Å². The number of hydrogen-bond donors (Lipinski definition) is 3. The zero-order valence-electron chi connectivity index (χ0n) is 12.0. The molecule has 2 aromatic rings. The average Bonchev–Trinajstić information content (AvgIpc) is 2.56. The average molecular weight is 291 g/mol. The number of nitrogens with one attached hydrogen (secondary N) is 3. The highest BCUT2D eigenvalue weighted by molar-refractivity contribution is 5.83. The number of nitrogens with zero attached hydrogens (tertiary/aromatic N) is 2. The number of hydrogen-bond acceptors (Lipinski definition) is 3. The fraction of sp³-hybridized carbons (Fsp3) is 0. The largest absolute Gasteiger partial charge is 0.266 e. The SMILES string of the molecule is N=C(NN=C/C=C/c1ccccc1)NN=Cc1ccccc1. The summed E-state index contributed by atoms with van der Waals surface area (Å²) in [5.41, 5.74) is 7.12. The Morgan fingerprint density at radius 3 is 2.09 bits per heavy atom. The van der Waals surface area contributed by atoms with E-state index in [0.29, 0.717) is 0 Å². The summed E-state index contributed by atoms with van der Waals surface area (Å²) in [6.45, 7) is 0. The van der Waals surface area contributed by atoms with Crippen LogP contribution in [0.2, 0.25) is 0 Å². The topological polar surface area (TPSA) is 72.6 Å². The monoisotopic (exact) mass is 291 g/mol. The van der Waals surface area contributed by atoms with Crippen LogP contribution in [-0.2, 0) is 0 Å². The zero-order valence-corrected chi connectivity index (χ0v) is 12.0. The molecule has 5 heteroatoms. The van der Waals surface area contributed by atoms with E-state index in [1.54, 1.807) is 18.5 Å². The second-order valence-corrected chi connectivity index (χ2v) is 4.32. The summed E-state index contributed by atoms with van der Waals surface area (Å²) in [4.78, 5) is 0. The van der Waals surface area contributed by atoms with Crippen LogP contribution >= 0.6 is 0 Å². The molecule has 0 amide bonds. The van der Waals surface area contributed by atoms with Crippen LogP contribution in [0.15, 0.2) is 76.9 Å². The molecule has 0 aliphatic heterocycles. The minimum atomic E-state index is -0.00320. The van der Waals surface area contributed by atoms with Gasteiger partial charge in [-0.05, 0) is 17.2 Å². The summed E-state index contributed by atoms with van der Waals surface area (Å²) in [6, 6.07) is 19.5. The highest BCUT2D eigenvalue weighted by atomic mass is 15.4. The fourth-order valence-corrected chi connectivity index (χ4v) is 1.60. The van der Waals surface area contributed by atoms with Crippen LogP contribution < -0.4 is 10.9 Å². The summed E-state index contributed by atoms with van der Waals surface area (Å²) in [5, 5.41) is 15.4. The zero-order chi connectivity index (χ0) is 15.5. The third kappa shape index (κ3) is 5.83. The molecule has 110 valence electrons. The lowest BCUT2D eigenvalue weighted by Gasteiger charge is -1.99. The van der Waals surface area contributed by atoms with Gasteiger partial charge in [-0.3, -0.25) is 5.41 Å². The summed E-state index contributed by atoms with van der Waals surface area (Å²) in [6.07, 6.45) is 6.93. The van der Waals surface area contributed by atoms with Crippen LogP contribution in [0.5, 0.6) is 0 Å². The van der Waals surface area contributed by atoms with E-state index in [-0.39, 0.29) is 5.96 Å². The van der Waals surface area contributed by atoms with Crippen LogP contribution in [0.1, 0.15) is 11.1 Å². The minimum absolute atomic E-state index is 0.00320. The Hall–Kier alpha value is -3.21. The molecule has 0 aliphatic rings. The lowest BCUT2D eigenvalue weighted by atomic mass is 10.2. The van der Waals surface area contributed by atoms with Crippen LogP contribution in [0, 0.1) is 5.41 Å². The molecule has 0 aromatic heterocycles. The fourth-order valence-electron chi connectivity index (χ4n) is 1.60. The predicted octanol–water partition coefficient (Wildman–Crippen LogP) is 2.83. The van der Waals surface area contributed by atoms with E-state index >= 15 is 0 Å². The summed E-state index contributed by atoms with van der Waals surface area (Å²) in [7, 11) is 0. The standard InChI is InChI=1S/C17H17N5/c18-17(22-20-14-16-10-5-2-6-11-16)21-19-13-7-12-15-8-3-1-4-9-15/h1-14H,(H3,18,21,22)/b12-7+,19-13?,20-14?. The van der Waals surface area contributed by atoms with Crippen molar-refractivity contribution in [2.24, 2.45) is 10.2 Å². The second-order valence-electron chi connectivity index (χ2n) is 4.32. The van der Waals surface area contributed by atoms with Gasteiger partial charge < -0.3 is 0 Å². The van der Waals surface area contributed by atoms with E-state index < -0.39 is 0 Å². The number of benzene rings is 2. The molecule has 0 bridgehead atoms. The van der Waals surface area contributed by atoms with Crippen molar-refractivity contribution >= 4 is 24.5 Å². The Morgan fingerprint density at radius 1 is 0.818 bits per heavy atom. The second kappa shape index (κ2) is 8.86. The number of hydrazone groups is 2. The lowest BCUT2D eigenvalue weighted by Crippen LogP contribution is -2.29. The first-order chi connectivity index (χ1) is 10.8. The molecule has 0 heterocycles. The van der Waals surface area contributed by atoms with Gasteiger partial charge >= 0.3 is 0 Å². The quantitative estimate of drug-likeness (QED) is 0.450. The smallest absolute Gasteiger partial charge is 0.230 e. The molecule has 2 aromatic carbocycles. The molecule has 0 saturated heterocycles. The predicted molar refractivity (Wildman–Crippen MR) is 92.0 cm³/mol. The Labute approximate surface area is 129 Å². The molecule has 0 fully saturated rings. The normalized spacial score (nSPS) is 11.3. The first kappa shape index (κ1) is 15.2. The highest BCUT2D eigenvalue weighted by Gasteiger charge is 1.88. The maximum atomic E-state index is 7.58. The van der Waals surface area contributed by atoms with Gasteiger partial charge in [-0.15, -0.1) is 0 Å². The lowest BCUT2D eigenvalue weighted by molar-refractivity contribution is 0.893. The van der Waals surface area contributed by atoms with Crippen LogP contribution in [0.4, 0.5) is 0 Å². The first-order valence-electron chi connectivity index (χ1n) is 6.78. The van der Waals surface area contributed by atoms with E-state index in [1.165, 1.54) is 0 Å². The third-order valence-corrected chi connectivity index (χ3v) is 2.61. The molecule has 3 N–H and O–H groups in total. The molecule has 0 atom stereocenters. The summed E-state index contributed by atoms with van der Waals surface area (Å²) >= 11 is 0. The van der Waals surface area contributed by atoms with Crippen molar-refractivity contribution in [3.63, 3.8) is 0 Å². The number of rotatable bonds is 5. The van der Waals surface area contributed by atoms with E-state index in [0.717, 1.165) is 11.1 Å². The van der Waals surface area contributed by atoms with Gasteiger partial charge in [0, 0.05) is 6.21 Å². The maximum Gasteiger partial charge on any atom is 0.230 e. The number of allylic oxidation sites excluding steroid dienone is 1. The van der Waals surface area contributed by atoms with Gasteiger partial charge in [0.15, 0.2) is 0 Å². The molecule has 0 unspecified atom stereocenters. The van der Waals surface area contributed by atoms with Gasteiger partial charge in [-0.25, -0.2) is 10.9 Å². The van der Waals surface area contributed by atoms with Gasteiger partial charge in [0.2, 0.25) is 5.96 Å². The van der Waals surface area contributed by atoms with Gasteiger partial charge in [0.05, 0.1) is 6.21 Å². The molecule has 0 saturated carbocycles. The summed E-state index contributed by atoms with van der Waals surface area (Å²) in [5.74, 6) is -0.00320. The number of guanidine groups is 1. The molecule has 0 aliphatic carbocycles. The summed E-state index contributed by atoms with van der Waals surface area (Å²) < 4.78 is 0. The minimum Gasteiger partial charge on any atom is -0.266 e. The molecule has 22 heavy (non-hydrogen) atoms. The van der Waals surface area contributed by atoms with E-state index in [4.69, 9.17) is 5.41 Å². The van der Waals surface area contributed by atoms with Crippen molar-refractivity contribution < 1.29 is 0 Å². The maximum absolute atomic E-state index is 7.58. The van der Waals surface area contributed by atoms with Crippen LogP contribution in [-0.4, -0.2) is 18.4 Å². The van der Waals surface area contributed by atoms with Crippen molar-refractivity contribution in [2.45, 2.75) is 0 Å². The van der Waals surface area contributed by atoms with Gasteiger partial charge in [0.1, 0.15) is 0 Å². The Balaban J connectivity index is 1.70.